The molecule has 42 heavy (non-hydrogen) atoms. The van der Waals surface area contributed by atoms with Crippen molar-refractivity contribution in [2.75, 3.05) is 0 Å². The summed E-state index contributed by atoms with van der Waals surface area (Å²) in [7, 11) is 0. The average Bonchev–Trinajstić information content (AvgIpc) is 3.68. The molecular formula is C35H35FN2O3S. The number of rotatable bonds is 13. The number of nitrogens with zero attached hydrogens (tertiary/aromatic N) is 2. The van der Waals surface area contributed by atoms with Crippen LogP contribution in [0.2, 0.25) is 0 Å². The van der Waals surface area contributed by atoms with Crippen LogP contribution in [-0.2, 0) is 24.2 Å². The first-order valence-corrected chi connectivity index (χ1v) is 15.2. The lowest BCUT2D eigenvalue weighted by Gasteiger charge is -2.30. The molecule has 0 saturated heterocycles. The van der Waals surface area contributed by atoms with Crippen molar-refractivity contribution in [3.05, 3.63) is 118 Å². The van der Waals surface area contributed by atoms with Gasteiger partial charge in [0, 0.05) is 30.0 Å². The van der Waals surface area contributed by atoms with Crippen molar-refractivity contribution in [3.8, 4) is 17.0 Å². The van der Waals surface area contributed by atoms with Crippen LogP contribution in [-0.4, -0.2) is 27.8 Å². The quantitative estimate of drug-likeness (QED) is 0.172. The summed E-state index contributed by atoms with van der Waals surface area (Å²) in [5.41, 5.74) is 4.10. The van der Waals surface area contributed by atoms with E-state index in [4.69, 9.17) is 9.72 Å². The van der Waals surface area contributed by atoms with E-state index < -0.39 is 17.4 Å². The number of carbonyl (C=O) groups is 1. The molecule has 1 aromatic heterocycles. The monoisotopic (exact) mass is 582 g/mol. The van der Waals surface area contributed by atoms with Crippen molar-refractivity contribution in [2.24, 2.45) is 10.9 Å². The molecule has 0 saturated carbocycles. The van der Waals surface area contributed by atoms with Gasteiger partial charge < -0.3 is 9.84 Å². The number of carboxylic acids is 1. The van der Waals surface area contributed by atoms with Gasteiger partial charge in [-0.3, -0.25) is 9.79 Å². The molecule has 0 fully saturated rings. The molecule has 4 aromatic rings. The molecule has 2 heterocycles. The smallest absolute Gasteiger partial charge is 0.309 e. The molecule has 0 amide bonds. The predicted octanol–water partition coefficient (Wildman–Crippen LogP) is 8.30. The Bertz CT molecular complexity index is 1530. The number of ether oxygens (including phenoxy) is 1. The van der Waals surface area contributed by atoms with Crippen molar-refractivity contribution >= 4 is 23.5 Å². The first kappa shape index (κ1) is 29.4. The van der Waals surface area contributed by atoms with Crippen LogP contribution >= 0.6 is 11.3 Å². The normalized spacial score (nSPS) is 16.7. The molecule has 0 spiro atoms. The van der Waals surface area contributed by atoms with E-state index in [9.17, 15) is 14.3 Å². The minimum atomic E-state index is -0.956. The summed E-state index contributed by atoms with van der Waals surface area (Å²) in [5.74, 6) is -0.715. The third kappa shape index (κ3) is 6.85. The first-order valence-electron chi connectivity index (χ1n) is 14.4. The number of carboxylic acid groups (broad SMARTS) is 1. The number of allylic oxidation sites excluding steroid dienone is 1. The van der Waals surface area contributed by atoms with Crippen molar-refractivity contribution < 1.29 is 19.0 Å². The molecule has 0 radical (unpaired) electrons. The molecule has 1 aliphatic heterocycles. The zero-order valence-electron chi connectivity index (χ0n) is 23.9. The highest BCUT2D eigenvalue weighted by Gasteiger charge is 2.43. The third-order valence-corrected chi connectivity index (χ3v) is 8.88. The molecule has 0 bridgehead atoms. The van der Waals surface area contributed by atoms with Gasteiger partial charge in [-0.1, -0.05) is 56.3 Å². The van der Waals surface area contributed by atoms with E-state index >= 15 is 0 Å². The second-order valence-corrected chi connectivity index (χ2v) is 11.7. The second kappa shape index (κ2) is 13.3. The number of halogens is 1. The van der Waals surface area contributed by atoms with E-state index in [0.717, 1.165) is 46.0 Å². The van der Waals surface area contributed by atoms with Crippen molar-refractivity contribution in [1.29, 1.82) is 0 Å². The Morgan fingerprint density at radius 3 is 2.29 bits per heavy atom. The highest BCUT2D eigenvalue weighted by Crippen LogP contribution is 2.35. The van der Waals surface area contributed by atoms with Crippen LogP contribution in [0.5, 0.6) is 5.75 Å². The molecule has 3 aromatic carbocycles. The summed E-state index contributed by atoms with van der Waals surface area (Å²) in [6.07, 6.45) is 8.13. The molecule has 1 aliphatic rings. The number of hydrogen-bond acceptors (Lipinski definition) is 5. The predicted molar refractivity (Wildman–Crippen MR) is 167 cm³/mol. The maximum Gasteiger partial charge on any atom is 0.309 e. The summed E-state index contributed by atoms with van der Waals surface area (Å²) in [5, 5.41) is 12.9. The lowest BCUT2D eigenvalue weighted by atomic mass is 9.78. The van der Waals surface area contributed by atoms with Gasteiger partial charge in [0.05, 0.1) is 22.2 Å². The van der Waals surface area contributed by atoms with Gasteiger partial charge in [-0.15, -0.1) is 11.3 Å². The first-order chi connectivity index (χ1) is 20.4. The molecule has 216 valence electrons. The van der Waals surface area contributed by atoms with E-state index in [-0.39, 0.29) is 12.2 Å². The fourth-order valence-electron chi connectivity index (χ4n) is 5.52. The molecule has 2 unspecified atom stereocenters. The Hall–Kier alpha value is -4.10. The summed E-state index contributed by atoms with van der Waals surface area (Å²) < 4.78 is 19.5. The highest BCUT2D eigenvalue weighted by atomic mass is 32.1. The lowest BCUT2D eigenvalue weighted by Crippen LogP contribution is -2.41. The Balaban J connectivity index is 1.23. The molecular weight excluding hydrogens is 547 g/mol. The standard InChI is InChI=1S/C35H35FN2O3S/c1-3-26(4-2)27-10-6-25(7-11-27)22-41-30-16-12-28(13-17-30)32-23-42-33(38-32)20-31(34(39)40)35(18-5-19-37-35)21-24-8-14-29(36)15-9-24/h5-19,23,26,31H,3-4,20-22H2,1-2H3,(H,39,40). The Kier molecular flexibility index (Phi) is 9.28. The van der Waals surface area contributed by atoms with Gasteiger partial charge in [-0.2, -0.15) is 0 Å². The van der Waals surface area contributed by atoms with Crippen LogP contribution < -0.4 is 4.74 Å². The molecule has 5 rings (SSSR count). The van der Waals surface area contributed by atoms with Crippen molar-refractivity contribution in [2.45, 2.75) is 57.6 Å². The minimum absolute atomic E-state index is 0.236. The van der Waals surface area contributed by atoms with Crippen LogP contribution in [0.4, 0.5) is 4.39 Å². The van der Waals surface area contributed by atoms with Crippen molar-refractivity contribution in [1.82, 2.24) is 4.98 Å². The highest BCUT2D eigenvalue weighted by molar-refractivity contribution is 7.10. The van der Waals surface area contributed by atoms with Crippen LogP contribution in [0, 0.1) is 11.7 Å². The zero-order chi connectivity index (χ0) is 29.5. The summed E-state index contributed by atoms with van der Waals surface area (Å²) in [6, 6.07) is 22.6. The van der Waals surface area contributed by atoms with Crippen molar-refractivity contribution in [3.63, 3.8) is 0 Å². The van der Waals surface area contributed by atoms with Crippen LogP contribution in [0.1, 0.15) is 54.3 Å². The van der Waals surface area contributed by atoms with Gasteiger partial charge in [-0.05, 0) is 77.9 Å². The summed E-state index contributed by atoms with van der Waals surface area (Å²) in [4.78, 5) is 21.8. The lowest BCUT2D eigenvalue weighted by molar-refractivity contribution is -0.143. The van der Waals surface area contributed by atoms with Gasteiger partial charge in [-0.25, -0.2) is 9.37 Å². The molecule has 1 N–H and O–H groups in total. The van der Waals surface area contributed by atoms with Crippen LogP contribution in [0.25, 0.3) is 11.3 Å². The summed E-state index contributed by atoms with van der Waals surface area (Å²) >= 11 is 1.44. The zero-order valence-corrected chi connectivity index (χ0v) is 24.7. The Morgan fingerprint density at radius 1 is 0.976 bits per heavy atom. The fraction of sp³-hybridized carbons (Fsp3) is 0.286. The molecule has 2 atom stereocenters. The van der Waals surface area contributed by atoms with Crippen LogP contribution in [0.15, 0.2) is 95.3 Å². The minimum Gasteiger partial charge on any atom is -0.489 e. The van der Waals surface area contributed by atoms with Gasteiger partial charge in [0.15, 0.2) is 0 Å². The van der Waals surface area contributed by atoms with E-state index in [2.05, 4.69) is 43.1 Å². The SMILES string of the molecule is CCC(CC)c1ccc(COc2ccc(-c3csc(CC(C(=O)O)C4(Cc5ccc(F)cc5)C=CC=N4)n3)cc2)cc1. The molecule has 7 heteroatoms. The topological polar surface area (TPSA) is 71.8 Å². The third-order valence-electron chi connectivity index (χ3n) is 8.01. The number of thiazole rings is 1. The van der Waals surface area contributed by atoms with E-state index in [0.29, 0.717) is 18.9 Å². The Morgan fingerprint density at radius 2 is 1.67 bits per heavy atom. The maximum atomic E-state index is 13.4. The summed E-state index contributed by atoms with van der Waals surface area (Å²) in [6.45, 7) is 4.95. The maximum absolute atomic E-state index is 13.4. The average molecular weight is 583 g/mol. The van der Waals surface area contributed by atoms with Gasteiger partial charge >= 0.3 is 5.97 Å². The largest absolute Gasteiger partial charge is 0.489 e. The number of hydrogen-bond donors (Lipinski definition) is 1. The van der Waals surface area contributed by atoms with Gasteiger partial charge in [0.2, 0.25) is 0 Å². The van der Waals surface area contributed by atoms with E-state index in [1.54, 1.807) is 24.4 Å². The number of aromatic nitrogens is 1. The van der Waals surface area contributed by atoms with E-state index in [1.165, 1.54) is 29.0 Å². The molecule has 0 aliphatic carbocycles. The number of benzene rings is 3. The molecule has 5 nitrogen and oxygen atoms in total. The van der Waals surface area contributed by atoms with E-state index in [1.807, 2.05) is 35.7 Å². The second-order valence-electron chi connectivity index (χ2n) is 10.7. The fourth-order valence-corrected chi connectivity index (χ4v) is 6.37. The number of aliphatic imine (C=N–C) groups is 1. The van der Waals surface area contributed by atoms with Gasteiger partial charge in [0.1, 0.15) is 18.2 Å². The number of aliphatic carboxylic acids is 1. The van der Waals surface area contributed by atoms with Crippen LogP contribution in [0.3, 0.4) is 0 Å². The Labute approximate surface area is 250 Å². The van der Waals surface area contributed by atoms with Gasteiger partial charge in [0.25, 0.3) is 0 Å².